The van der Waals surface area contributed by atoms with Crippen molar-refractivity contribution < 1.29 is 9.53 Å². The van der Waals surface area contributed by atoms with E-state index in [1.54, 1.807) is 11.3 Å². The molecule has 0 aliphatic heterocycles. The lowest BCUT2D eigenvalue weighted by Crippen LogP contribution is -2.11. The average Bonchev–Trinajstić information content (AvgIpc) is 2.37. The first-order chi connectivity index (χ1) is 5.68. The zero-order valence-corrected chi connectivity index (χ0v) is 8.40. The summed E-state index contributed by atoms with van der Waals surface area (Å²) in [6.07, 6.45) is 0.681. The fourth-order valence-corrected chi connectivity index (χ4v) is 2.04. The second-order valence-electron chi connectivity index (χ2n) is 2.35. The summed E-state index contributed by atoms with van der Waals surface area (Å²) in [6, 6.07) is 3.96. The standard InChI is InChI=1S/C8H10O2S2/c1-6(9)10-8(11)5-7-3-2-4-12-7/h2-4,8,11H,5H2,1H3. The molecule has 1 heterocycles. The molecule has 0 bridgehead atoms. The van der Waals surface area contributed by atoms with Crippen LogP contribution in [0.5, 0.6) is 0 Å². The highest BCUT2D eigenvalue weighted by molar-refractivity contribution is 7.80. The second kappa shape index (κ2) is 4.52. The molecule has 0 saturated heterocycles. The second-order valence-corrected chi connectivity index (χ2v) is 3.96. The third-order valence-corrected chi connectivity index (χ3v) is 2.44. The van der Waals surface area contributed by atoms with Crippen molar-refractivity contribution in [2.45, 2.75) is 18.8 Å². The fraction of sp³-hybridized carbons (Fsp3) is 0.375. The maximum absolute atomic E-state index is 10.5. The number of hydrogen-bond acceptors (Lipinski definition) is 4. The Morgan fingerprint density at radius 1 is 1.83 bits per heavy atom. The van der Waals surface area contributed by atoms with Crippen LogP contribution in [0.1, 0.15) is 11.8 Å². The van der Waals surface area contributed by atoms with Gasteiger partial charge in [0, 0.05) is 18.2 Å². The first-order valence-corrected chi connectivity index (χ1v) is 4.96. The van der Waals surface area contributed by atoms with Gasteiger partial charge in [0.2, 0.25) is 0 Å². The molecule has 1 atom stereocenters. The van der Waals surface area contributed by atoms with Crippen molar-refractivity contribution in [3.63, 3.8) is 0 Å². The van der Waals surface area contributed by atoms with Crippen molar-refractivity contribution in [3.8, 4) is 0 Å². The highest BCUT2D eigenvalue weighted by Gasteiger charge is 2.07. The molecule has 0 radical (unpaired) electrons. The molecule has 12 heavy (non-hydrogen) atoms. The number of esters is 1. The van der Waals surface area contributed by atoms with Gasteiger partial charge in [0.25, 0.3) is 0 Å². The van der Waals surface area contributed by atoms with E-state index in [1.807, 2.05) is 17.5 Å². The maximum atomic E-state index is 10.5. The summed E-state index contributed by atoms with van der Waals surface area (Å²) in [5, 5.41) is 1.99. The first kappa shape index (κ1) is 9.61. The number of hydrogen-bond donors (Lipinski definition) is 1. The summed E-state index contributed by atoms with van der Waals surface area (Å²) in [4.78, 5) is 11.7. The number of rotatable bonds is 3. The number of carbonyl (C=O) groups is 1. The minimum atomic E-state index is -0.318. The normalized spacial score (nSPS) is 12.5. The number of carbonyl (C=O) groups excluding carboxylic acids is 1. The molecule has 0 saturated carbocycles. The third kappa shape index (κ3) is 3.28. The van der Waals surface area contributed by atoms with Crippen LogP contribution in [0, 0.1) is 0 Å². The van der Waals surface area contributed by atoms with Crippen molar-refractivity contribution in [3.05, 3.63) is 22.4 Å². The zero-order chi connectivity index (χ0) is 8.97. The summed E-state index contributed by atoms with van der Waals surface area (Å²) < 4.78 is 4.86. The Bertz CT molecular complexity index is 244. The van der Waals surface area contributed by atoms with Crippen molar-refractivity contribution >= 4 is 29.9 Å². The molecule has 1 aromatic rings. The molecule has 1 unspecified atom stereocenters. The topological polar surface area (TPSA) is 26.3 Å². The summed E-state index contributed by atoms with van der Waals surface area (Å²) in [6.45, 7) is 1.39. The van der Waals surface area contributed by atoms with Crippen LogP contribution in [-0.2, 0) is 16.0 Å². The van der Waals surface area contributed by atoms with E-state index in [0.717, 1.165) is 0 Å². The SMILES string of the molecule is CC(=O)OC(S)Cc1cccs1. The Kier molecular flexibility index (Phi) is 3.62. The van der Waals surface area contributed by atoms with Gasteiger partial charge in [-0.1, -0.05) is 6.07 Å². The quantitative estimate of drug-likeness (QED) is 0.461. The summed E-state index contributed by atoms with van der Waals surface area (Å²) in [5.74, 6) is -0.286. The fourth-order valence-electron chi connectivity index (χ4n) is 0.834. The predicted molar refractivity (Wildman–Crippen MR) is 52.6 cm³/mol. The largest absolute Gasteiger partial charge is 0.451 e. The third-order valence-electron chi connectivity index (χ3n) is 1.26. The molecular weight excluding hydrogens is 192 g/mol. The van der Waals surface area contributed by atoms with Crippen LogP contribution in [0.15, 0.2) is 17.5 Å². The Labute approximate surface area is 81.0 Å². The molecule has 66 valence electrons. The highest BCUT2D eigenvalue weighted by atomic mass is 32.1. The number of ether oxygens (including phenoxy) is 1. The Hall–Kier alpha value is -0.480. The smallest absolute Gasteiger partial charge is 0.303 e. The minimum absolute atomic E-state index is 0.286. The molecular formula is C8H10O2S2. The van der Waals surface area contributed by atoms with Gasteiger partial charge in [-0.2, -0.15) is 0 Å². The molecule has 0 N–H and O–H groups in total. The summed E-state index contributed by atoms with van der Waals surface area (Å²) >= 11 is 5.76. The highest BCUT2D eigenvalue weighted by Crippen LogP contribution is 2.14. The van der Waals surface area contributed by atoms with Gasteiger partial charge < -0.3 is 4.74 Å². The lowest BCUT2D eigenvalue weighted by molar-refractivity contribution is -0.142. The van der Waals surface area contributed by atoms with Crippen LogP contribution in [-0.4, -0.2) is 11.4 Å². The molecule has 2 nitrogen and oxygen atoms in total. The van der Waals surface area contributed by atoms with E-state index in [-0.39, 0.29) is 11.4 Å². The van der Waals surface area contributed by atoms with E-state index in [9.17, 15) is 4.79 Å². The lowest BCUT2D eigenvalue weighted by Gasteiger charge is -2.08. The molecule has 0 aromatic carbocycles. The molecule has 1 aromatic heterocycles. The molecule has 0 aliphatic carbocycles. The molecule has 0 fully saturated rings. The monoisotopic (exact) mass is 202 g/mol. The minimum Gasteiger partial charge on any atom is -0.451 e. The van der Waals surface area contributed by atoms with E-state index in [0.29, 0.717) is 6.42 Å². The van der Waals surface area contributed by atoms with E-state index < -0.39 is 0 Å². The van der Waals surface area contributed by atoms with Gasteiger partial charge in [-0.15, -0.1) is 24.0 Å². The Morgan fingerprint density at radius 2 is 2.58 bits per heavy atom. The Morgan fingerprint density at radius 3 is 3.08 bits per heavy atom. The van der Waals surface area contributed by atoms with Crippen molar-refractivity contribution in [2.24, 2.45) is 0 Å². The summed E-state index contributed by atoms with van der Waals surface area (Å²) in [7, 11) is 0. The number of thiol groups is 1. The van der Waals surface area contributed by atoms with Crippen molar-refractivity contribution in [1.82, 2.24) is 0 Å². The van der Waals surface area contributed by atoms with Gasteiger partial charge in [-0.25, -0.2) is 0 Å². The molecule has 1 rings (SSSR count). The van der Waals surface area contributed by atoms with Gasteiger partial charge in [0.05, 0.1) is 0 Å². The lowest BCUT2D eigenvalue weighted by atomic mass is 10.3. The maximum Gasteiger partial charge on any atom is 0.303 e. The molecule has 4 heteroatoms. The van der Waals surface area contributed by atoms with Gasteiger partial charge in [-0.05, 0) is 11.4 Å². The zero-order valence-electron chi connectivity index (χ0n) is 6.69. The van der Waals surface area contributed by atoms with Crippen LogP contribution in [0.2, 0.25) is 0 Å². The van der Waals surface area contributed by atoms with Crippen LogP contribution in [0.4, 0.5) is 0 Å². The van der Waals surface area contributed by atoms with Gasteiger partial charge in [-0.3, -0.25) is 4.79 Å². The predicted octanol–water partition coefficient (Wildman–Crippen LogP) is 2.11. The van der Waals surface area contributed by atoms with Gasteiger partial charge >= 0.3 is 5.97 Å². The van der Waals surface area contributed by atoms with Crippen LogP contribution in [0.3, 0.4) is 0 Å². The first-order valence-electron chi connectivity index (χ1n) is 3.56. The van der Waals surface area contributed by atoms with Crippen molar-refractivity contribution in [2.75, 3.05) is 0 Å². The van der Waals surface area contributed by atoms with Crippen molar-refractivity contribution in [1.29, 1.82) is 0 Å². The Balaban J connectivity index is 2.36. The van der Waals surface area contributed by atoms with E-state index in [4.69, 9.17) is 4.74 Å². The van der Waals surface area contributed by atoms with E-state index in [2.05, 4.69) is 12.6 Å². The van der Waals surface area contributed by atoms with E-state index >= 15 is 0 Å². The number of thiophene rings is 1. The van der Waals surface area contributed by atoms with Gasteiger partial charge in [0.15, 0.2) is 0 Å². The van der Waals surface area contributed by atoms with E-state index in [1.165, 1.54) is 11.8 Å². The summed E-state index contributed by atoms with van der Waals surface area (Å²) in [5.41, 5.74) is -0.318. The van der Waals surface area contributed by atoms with Crippen LogP contribution in [0.25, 0.3) is 0 Å². The molecule has 0 aliphatic rings. The van der Waals surface area contributed by atoms with Crippen LogP contribution >= 0.6 is 24.0 Å². The van der Waals surface area contributed by atoms with Crippen LogP contribution < -0.4 is 0 Å². The van der Waals surface area contributed by atoms with Gasteiger partial charge in [0.1, 0.15) is 5.44 Å². The molecule has 0 amide bonds. The average molecular weight is 202 g/mol. The molecule has 0 spiro atoms.